The number of aromatic nitrogens is 2. The fourth-order valence-electron chi connectivity index (χ4n) is 2.71. The Bertz CT molecular complexity index is 876. The van der Waals surface area contributed by atoms with Crippen LogP contribution in [0.3, 0.4) is 0 Å². The van der Waals surface area contributed by atoms with Crippen LogP contribution in [0.1, 0.15) is 35.8 Å². The molecule has 3 rings (SSSR count). The number of para-hydroxylation sites is 2. The van der Waals surface area contributed by atoms with Gasteiger partial charge in [-0.3, -0.25) is 4.79 Å². The van der Waals surface area contributed by atoms with Crippen molar-refractivity contribution < 1.29 is 4.79 Å². The van der Waals surface area contributed by atoms with E-state index in [4.69, 9.17) is 0 Å². The highest BCUT2D eigenvalue weighted by atomic mass is 16.2. The lowest BCUT2D eigenvalue weighted by Crippen LogP contribution is -2.27. The Balaban J connectivity index is 1.76. The van der Waals surface area contributed by atoms with Crippen LogP contribution in [0.5, 0.6) is 0 Å². The molecule has 1 heterocycles. The van der Waals surface area contributed by atoms with E-state index in [2.05, 4.69) is 35.4 Å². The maximum Gasteiger partial charge on any atom is 0.278 e. The second kappa shape index (κ2) is 7.78. The van der Waals surface area contributed by atoms with Crippen molar-refractivity contribution in [3.63, 3.8) is 0 Å². The van der Waals surface area contributed by atoms with Gasteiger partial charge in [-0.05, 0) is 41.8 Å². The maximum absolute atomic E-state index is 12.6. The van der Waals surface area contributed by atoms with Crippen LogP contribution in [-0.2, 0) is 0 Å². The molecule has 0 bridgehead atoms. The fourth-order valence-corrected chi connectivity index (χ4v) is 2.71. The number of benzene rings is 2. The zero-order chi connectivity index (χ0) is 18.5. The van der Waals surface area contributed by atoms with Crippen LogP contribution in [0.4, 0.5) is 17.2 Å². The van der Waals surface area contributed by atoms with Crippen LogP contribution in [0.2, 0.25) is 0 Å². The predicted molar refractivity (Wildman–Crippen MR) is 105 cm³/mol. The Hall–Kier alpha value is -3.21. The van der Waals surface area contributed by atoms with Gasteiger partial charge in [0.2, 0.25) is 0 Å². The maximum atomic E-state index is 12.6. The number of nitrogens with zero attached hydrogens (tertiary/aromatic N) is 3. The van der Waals surface area contributed by atoms with E-state index in [1.54, 1.807) is 24.1 Å². The molecule has 132 valence electrons. The first kappa shape index (κ1) is 17.6. The van der Waals surface area contributed by atoms with Crippen LogP contribution in [0.15, 0.2) is 66.7 Å². The minimum Gasteiger partial charge on any atom is -0.338 e. The Morgan fingerprint density at radius 1 is 0.923 bits per heavy atom. The number of amides is 1. The van der Waals surface area contributed by atoms with Crippen molar-refractivity contribution in [2.45, 2.75) is 19.8 Å². The van der Waals surface area contributed by atoms with Crippen LogP contribution >= 0.6 is 0 Å². The summed E-state index contributed by atoms with van der Waals surface area (Å²) in [5, 5.41) is 11.5. The fraction of sp³-hybridized carbons (Fsp3) is 0.190. The van der Waals surface area contributed by atoms with E-state index in [9.17, 15) is 4.79 Å². The summed E-state index contributed by atoms with van der Waals surface area (Å²) in [6.07, 6.45) is 0. The van der Waals surface area contributed by atoms with Gasteiger partial charge in [-0.2, -0.15) is 0 Å². The zero-order valence-corrected chi connectivity index (χ0v) is 15.2. The van der Waals surface area contributed by atoms with Gasteiger partial charge in [0, 0.05) is 18.4 Å². The second-order valence-electron chi connectivity index (χ2n) is 6.37. The minimum atomic E-state index is -0.196. The summed E-state index contributed by atoms with van der Waals surface area (Å²) >= 11 is 0. The number of carbonyl (C=O) groups is 1. The molecule has 1 N–H and O–H groups in total. The molecule has 0 atom stereocenters. The summed E-state index contributed by atoms with van der Waals surface area (Å²) in [4.78, 5) is 14.1. The van der Waals surface area contributed by atoms with E-state index < -0.39 is 0 Å². The smallest absolute Gasteiger partial charge is 0.278 e. The van der Waals surface area contributed by atoms with Crippen molar-refractivity contribution in [1.82, 2.24) is 10.2 Å². The van der Waals surface area contributed by atoms with Crippen LogP contribution in [0.25, 0.3) is 0 Å². The van der Waals surface area contributed by atoms with Crippen molar-refractivity contribution in [2.24, 2.45) is 0 Å². The molecular weight excluding hydrogens is 324 g/mol. The summed E-state index contributed by atoms with van der Waals surface area (Å²) < 4.78 is 0. The summed E-state index contributed by atoms with van der Waals surface area (Å²) in [7, 11) is 1.73. The van der Waals surface area contributed by atoms with E-state index in [1.807, 2.05) is 48.5 Å². The summed E-state index contributed by atoms with van der Waals surface area (Å²) in [6.45, 7) is 4.29. The third kappa shape index (κ3) is 3.88. The molecule has 26 heavy (non-hydrogen) atoms. The normalized spacial score (nSPS) is 10.6. The molecule has 0 saturated carbocycles. The molecule has 1 aromatic heterocycles. The third-order valence-corrected chi connectivity index (χ3v) is 4.18. The standard InChI is InChI=1S/C21H22N4O/c1-15(2)17-11-7-8-12-18(17)22-20-14-13-19(23-24-20)21(26)25(3)16-9-5-4-6-10-16/h4-15H,1-3H3,(H,22,24). The SMILES string of the molecule is CC(C)c1ccccc1Nc1ccc(C(=O)N(C)c2ccccc2)nn1. The van der Waals surface area contributed by atoms with Crippen LogP contribution in [-0.4, -0.2) is 23.2 Å². The van der Waals surface area contributed by atoms with Gasteiger partial charge in [-0.15, -0.1) is 10.2 Å². The molecule has 0 radical (unpaired) electrons. The second-order valence-corrected chi connectivity index (χ2v) is 6.37. The third-order valence-electron chi connectivity index (χ3n) is 4.18. The van der Waals surface area contributed by atoms with Crippen molar-refractivity contribution >= 4 is 23.1 Å². The molecule has 1 amide bonds. The topological polar surface area (TPSA) is 58.1 Å². The largest absolute Gasteiger partial charge is 0.338 e. The Labute approximate surface area is 153 Å². The highest BCUT2D eigenvalue weighted by Gasteiger charge is 2.15. The lowest BCUT2D eigenvalue weighted by atomic mass is 10.0. The van der Waals surface area contributed by atoms with E-state index in [0.29, 0.717) is 17.4 Å². The predicted octanol–water partition coefficient (Wildman–Crippen LogP) is 4.62. The van der Waals surface area contributed by atoms with Crippen LogP contribution < -0.4 is 10.2 Å². The van der Waals surface area contributed by atoms with Gasteiger partial charge < -0.3 is 10.2 Å². The van der Waals surface area contributed by atoms with Crippen LogP contribution in [0, 0.1) is 0 Å². The van der Waals surface area contributed by atoms with Gasteiger partial charge >= 0.3 is 0 Å². The Morgan fingerprint density at radius 2 is 1.62 bits per heavy atom. The first-order valence-electron chi connectivity index (χ1n) is 8.59. The summed E-state index contributed by atoms with van der Waals surface area (Å²) in [5.74, 6) is 0.807. The van der Waals surface area contributed by atoms with Gasteiger partial charge in [0.05, 0.1) is 0 Å². The highest BCUT2D eigenvalue weighted by molar-refractivity contribution is 6.04. The van der Waals surface area contributed by atoms with Crippen molar-refractivity contribution in [3.05, 3.63) is 78.0 Å². The van der Waals surface area contributed by atoms with E-state index in [1.165, 1.54) is 5.56 Å². The number of rotatable bonds is 5. The number of hydrogen-bond acceptors (Lipinski definition) is 4. The zero-order valence-electron chi connectivity index (χ0n) is 15.2. The Kier molecular flexibility index (Phi) is 5.27. The number of carbonyl (C=O) groups excluding carboxylic acids is 1. The molecule has 0 spiro atoms. The average Bonchev–Trinajstić information content (AvgIpc) is 2.68. The first-order chi connectivity index (χ1) is 12.6. The summed E-state index contributed by atoms with van der Waals surface area (Å²) in [5.41, 5.74) is 3.32. The number of nitrogens with one attached hydrogen (secondary N) is 1. The van der Waals surface area contributed by atoms with Crippen molar-refractivity contribution in [1.29, 1.82) is 0 Å². The molecule has 0 unspecified atom stereocenters. The van der Waals surface area contributed by atoms with Gasteiger partial charge in [0.1, 0.15) is 0 Å². The quantitative estimate of drug-likeness (QED) is 0.732. The molecule has 5 heteroatoms. The number of anilines is 3. The van der Waals surface area contributed by atoms with Crippen molar-refractivity contribution in [2.75, 3.05) is 17.3 Å². The molecule has 0 saturated heterocycles. The molecule has 3 aromatic rings. The van der Waals surface area contributed by atoms with E-state index in [-0.39, 0.29) is 5.91 Å². The van der Waals surface area contributed by atoms with Gasteiger partial charge in [0.15, 0.2) is 11.5 Å². The monoisotopic (exact) mass is 346 g/mol. The first-order valence-corrected chi connectivity index (χ1v) is 8.59. The Morgan fingerprint density at radius 3 is 2.27 bits per heavy atom. The van der Waals surface area contributed by atoms with Crippen molar-refractivity contribution in [3.8, 4) is 0 Å². The van der Waals surface area contributed by atoms with Gasteiger partial charge in [0.25, 0.3) is 5.91 Å². The molecule has 0 aliphatic carbocycles. The van der Waals surface area contributed by atoms with E-state index in [0.717, 1.165) is 11.4 Å². The molecule has 0 aliphatic rings. The number of hydrogen-bond donors (Lipinski definition) is 1. The molecule has 2 aromatic carbocycles. The van der Waals surface area contributed by atoms with E-state index >= 15 is 0 Å². The molecular formula is C21H22N4O. The highest BCUT2D eigenvalue weighted by Crippen LogP contribution is 2.26. The molecule has 5 nitrogen and oxygen atoms in total. The lowest BCUT2D eigenvalue weighted by molar-refractivity contribution is 0.0987. The lowest BCUT2D eigenvalue weighted by Gasteiger charge is -2.17. The summed E-state index contributed by atoms with van der Waals surface area (Å²) in [6, 6.07) is 21.0. The average molecular weight is 346 g/mol. The minimum absolute atomic E-state index is 0.196. The molecule has 0 fully saturated rings. The van der Waals surface area contributed by atoms with Gasteiger partial charge in [-0.25, -0.2) is 0 Å². The van der Waals surface area contributed by atoms with Gasteiger partial charge in [-0.1, -0.05) is 50.2 Å². The molecule has 0 aliphatic heterocycles.